The van der Waals surface area contributed by atoms with E-state index in [0.717, 1.165) is 18.4 Å². The molecule has 0 radical (unpaired) electrons. The van der Waals surface area contributed by atoms with Crippen molar-refractivity contribution in [3.8, 4) is 5.75 Å². The molecule has 1 heterocycles. The number of anilines is 2. The van der Waals surface area contributed by atoms with Crippen LogP contribution < -0.4 is 14.4 Å². The van der Waals surface area contributed by atoms with Gasteiger partial charge in [-0.15, -0.1) is 0 Å². The number of amides is 1. The molecule has 0 fully saturated rings. The highest BCUT2D eigenvalue weighted by Crippen LogP contribution is 2.32. The molecule has 0 saturated heterocycles. The van der Waals surface area contributed by atoms with Crippen molar-refractivity contribution < 1.29 is 17.9 Å². The average molecular weight is 491 g/mol. The quantitative estimate of drug-likeness (QED) is 0.518. The summed E-state index contributed by atoms with van der Waals surface area (Å²) >= 11 is 12.1. The van der Waals surface area contributed by atoms with Crippen molar-refractivity contribution in [2.75, 3.05) is 22.8 Å². The largest absolute Gasteiger partial charge is 0.484 e. The van der Waals surface area contributed by atoms with Crippen molar-refractivity contribution in [2.24, 2.45) is 0 Å². The van der Waals surface area contributed by atoms with Gasteiger partial charge in [0.15, 0.2) is 6.61 Å². The van der Waals surface area contributed by atoms with E-state index in [2.05, 4.69) is 5.32 Å². The maximum Gasteiger partial charge on any atom is 0.264 e. The van der Waals surface area contributed by atoms with E-state index in [1.807, 2.05) is 24.3 Å². The molecule has 0 aliphatic carbocycles. The fourth-order valence-electron chi connectivity index (χ4n) is 3.53. The lowest BCUT2D eigenvalue weighted by atomic mass is 10.0. The molecule has 1 aliphatic heterocycles. The molecule has 1 aliphatic rings. The molecular formula is C23H20Cl2N2O4S. The lowest BCUT2D eigenvalue weighted by Gasteiger charge is -2.30. The molecule has 3 aromatic rings. The van der Waals surface area contributed by atoms with Gasteiger partial charge in [-0.25, -0.2) is 8.42 Å². The molecule has 4 rings (SSSR count). The minimum absolute atomic E-state index is 0.161. The monoisotopic (exact) mass is 490 g/mol. The number of benzene rings is 3. The number of rotatable bonds is 6. The number of hydrogen-bond donors (Lipinski definition) is 1. The second-order valence-corrected chi connectivity index (χ2v) is 9.89. The van der Waals surface area contributed by atoms with Gasteiger partial charge < -0.3 is 10.1 Å². The Morgan fingerprint density at radius 1 is 0.969 bits per heavy atom. The highest BCUT2D eigenvalue weighted by molar-refractivity contribution is 7.92. The smallest absolute Gasteiger partial charge is 0.264 e. The lowest BCUT2D eigenvalue weighted by Crippen LogP contribution is -2.35. The van der Waals surface area contributed by atoms with E-state index in [0.29, 0.717) is 33.7 Å². The summed E-state index contributed by atoms with van der Waals surface area (Å²) in [7, 11) is -3.70. The Balaban J connectivity index is 1.43. The third-order valence-corrected chi connectivity index (χ3v) is 7.53. The fraction of sp³-hybridized carbons (Fsp3) is 0.174. The van der Waals surface area contributed by atoms with E-state index in [1.165, 1.54) is 28.6 Å². The molecule has 166 valence electrons. The summed E-state index contributed by atoms with van der Waals surface area (Å²) in [6, 6.07) is 18.4. The zero-order chi connectivity index (χ0) is 22.7. The van der Waals surface area contributed by atoms with Gasteiger partial charge in [-0.1, -0.05) is 47.5 Å². The molecule has 0 saturated carbocycles. The molecule has 6 nitrogen and oxygen atoms in total. The van der Waals surface area contributed by atoms with Gasteiger partial charge in [-0.3, -0.25) is 9.10 Å². The molecule has 1 N–H and O–H groups in total. The van der Waals surface area contributed by atoms with Crippen molar-refractivity contribution in [2.45, 2.75) is 17.7 Å². The summed E-state index contributed by atoms with van der Waals surface area (Å²) in [4.78, 5) is 12.3. The maximum absolute atomic E-state index is 13.2. The van der Waals surface area contributed by atoms with Crippen LogP contribution >= 0.6 is 23.2 Å². The van der Waals surface area contributed by atoms with Crippen LogP contribution in [0.3, 0.4) is 0 Å². The third kappa shape index (κ3) is 4.70. The Kier molecular flexibility index (Phi) is 6.60. The van der Waals surface area contributed by atoms with Gasteiger partial charge in [-0.2, -0.15) is 0 Å². The molecule has 0 spiro atoms. The standard InChI is InChI=1S/C23H20Cl2N2O4S/c24-19-7-3-8-20(25)23(19)26-22(28)15-31-17-10-12-18(13-11-17)32(29,30)27-14-4-6-16-5-1-2-9-21(16)27/h1-3,5,7-13H,4,6,14-15H2,(H,26,28). The Hall–Kier alpha value is -2.74. The number of hydrogen-bond acceptors (Lipinski definition) is 4. The molecular weight excluding hydrogens is 471 g/mol. The number of para-hydroxylation sites is 2. The van der Waals surface area contributed by atoms with E-state index in [-0.39, 0.29) is 11.5 Å². The second kappa shape index (κ2) is 9.40. The summed E-state index contributed by atoms with van der Waals surface area (Å²) in [6.45, 7) is 0.148. The molecule has 1 amide bonds. The van der Waals surface area contributed by atoms with E-state index in [4.69, 9.17) is 27.9 Å². The first-order chi connectivity index (χ1) is 15.4. The Morgan fingerprint density at radius 2 is 1.66 bits per heavy atom. The van der Waals surface area contributed by atoms with Crippen molar-refractivity contribution in [3.05, 3.63) is 82.3 Å². The average Bonchev–Trinajstić information content (AvgIpc) is 2.80. The first-order valence-electron chi connectivity index (χ1n) is 9.93. The highest BCUT2D eigenvalue weighted by atomic mass is 35.5. The number of sulfonamides is 1. The van der Waals surface area contributed by atoms with E-state index < -0.39 is 15.9 Å². The van der Waals surface area contributed by atoms with Crippen LogP contribution in [0.5, 0.6) is 5.75 Å². The van der Waals surface area contributed by atoms with E-state index >= 15 is 0 Å². The molecule has 0 atom stereocenters. The number of aryl methyl sites for hydroxylation is 1. The van der Waals surface area contributed by atoms with Crippen molar-refractivity contribution in [3.63, 3.8) is 0 Å². The molecule has 0 aromatic heterocycles. The number of carbonyl (C=O) groups is 1. The Bertz CT molecular complexity index is 1230. The van der Waals surface area contributed by atoms with Gasteiger partial charge in [0.25, 0.3) is 15.9 Å². The summed E-state index contributed by atoms with van der Waals surface area (Å²) in [5.74, 6) is -0.0787. The van der Waals surface area contributed by atoms with Crippen LogP contribution in [0.4, 0.5) is 11.4 Å². The predicted molar refractivity (Wildman–Crippen MR) is 126 cm³/mol. The van der Waals surface area contributed by atoms with E-state index in [1.54, 1.807) is 18.2 Å². The fourth-order valence-corrected chi connectivity index (χ4v) is 5.56. The summed E-state index contributed by atoms with van der Waals surface area (Å²) in [5, 5.41) is 3.24. The Morgan fingerprint density at radius 3 is 2.38 bits per heavy atom. The van der Waals surface area contributed by atoms with Gasteiger partial charge >= 0.3 is 0 Å². The topological polar surface area (TPSA) is 75.7 Å². The number of nitrogens with zero attached hydrogens (tertiary/aromatic N) is 1. The zero-order valence-corrected chi connectivity index (χ0v) is 19.3. The number of fused-ring (bicyclic) bond motifs is 1. The second-order valence-electron chi connectivity index (χ2n) is 7.21. The normalized spacial score (nSPS) is 13.4. The van der Waals surface area contributed by atoms with Gasteiger partial charge in [0.05, 0.1) is 26.3 Å². The van der Waals surface area contributed by atoms with Gasteiger partial charge in [0.2, 0.25) is 0 Å². The third-order valence-electron chi connectivity index (χ3n) is 5.08. The highest BCUT2D eigenvalue weighted by Gasteiger charge is 2.28. The minimum Gasteiger partial charge on any atom is -0.484 e. The molecule has 0 bridgehead atoms. The van der Waals surface area contributed by atoms with E-state index in [9.17, 15) is 13.2 Å². The molecule has 9 heteroatoms. The first kappa shape index (κ1) is 22.5. The van der Waals surface area contributed by atoms with Gasteiger partial charge in [0.1, 0.15) is 5.75 Å². The summed E-state index contributed by atoms with van der Waals surface area (Å²) in [5.41, 5.74) is 2.05. The number of carbonyl (C=O) groups excluding carboxylic acids is 1. The molecule has 3 aromatic carbocycles. The summed E-state index contributed by atoms with van der Waals surface area (Å²) in [6.07, 6.45) is 1.62. The van der Waals surface area contributed by atoms with Crippen LogP contribution in [0.1, 0.15) is 12.0 Å². The molecule has 32 heavy (non-hydrogen) atoms. The van der Waals surface area contributed by atoms with Crippen LogP contribution in [-0.4, -0.2) is 27.5 Å². The van der Waals surface area contributed by atoms with Gasteiger partial charge in [0, 0.05) is 6.54 Å². The minimum atomic E-state index is -3.70. The van der Waals surface area contributed by atoms with Gasteiger partial charge in [-0.05, 0) is 60.9 Å². The van der Waals surface area contributed by atoms with Crippen LogP contribution in [0.25, 0.3) is 0 Å². The maximum atomic E-state index is 13.2. The van der Waals surface area contributed by atoms with Crippen LogP contribution in [-0.2, 0) is 21.2 Å². The molecule has 0 unspecified atom stereocenters. The van der Waals surface area contributed by atoms with Crippen LogP contribution in [0.15, 0.2) is 71.6 Å². The Labute approximate surface area is 196 Å². The zero-order valence-electron chi connectivity index (χ0n) is 16.9. The predicted octanol–water partition coefficient (Wildman–Crippen LogP) is 5.15. The SMILES string of the molecule is O=C(COc1ccc(S(=O)(=O)N2CCCc3ccccc32)cc1)Nc1c(Cl)cccc1Cl. The van der Waals surface area contributed by atoms with Crippen molar-refractivity contribution in [1.29, 1.82) is 0 Å². The number of ether oxygens (including phenoxy) is 1. The van der Waals surface area contributed by atoms with Crippen molar-refractivity contribution >= 4 is 50.5 Å². The summed E-state index contributed by atoms with van der Waals surface area (Å²) < 4.78 is 33.3. The van der Waals surface area contributed by atoms with Crippen LogP contribution in [0, 0.1) is 0 Å². The van der Waals surface area contributed by atoms with Crippen molar-refractivity contribution in [1.82, 2.24) is 0 Å². The lowest BCUT2D eigenvalue weighted by molar-refractivity contribution is -0.118. The number of halogens is 2. The van der Waals surface area contributed by atoms with Crippen LogP contribution in [0.2, 0.25) is 10.0 Å². The number of nitrogens with one attached hydrogen (secondary N) is 1. The first-order valence-corrected chi connectivity index (χ1v) is 12.1.